The van der Waals surface area contributed by atoms with Crippen LogP contribution in [0.15, 0.2) is 22.7 Å². The molecule has 0 atom stereocenters. The zero-order valence-electron chi connectivity index (χ0n) is 15.6. The lowest BCUT2D eigenvalue weighted by atomic mass is 10.1. The molecule has 0 spiro atoms. The van der Waals surface area contributed by atoms with Gasteiger partial charge in [-0.05, 0) is 38.0 Å². The van der Waals surface area contributed by atoms with Crippen LogP contribution in [0, 0.1) is 19.8 Å². The molecule has 0 amide bonds. The number of aryl methyl sites for hydroxylation is 2. The fourth-order valence-electron chi connectivity index (χ4n) is 2.55. The van der Waals surface area contributed by atoms with Gasteiger partial charge in [0.05, 0.1) is 10.7 Å². The average molecular weight is 390 g/mol. The number of aromatic nitrogens is 5. The molecule has 0 aromatic carbocycles. The van der Waals surface area contributed by atoms with Crippen molar-refractivity contribution in [1.82, 2.24) is 24.9 Å². The maximum atomic E-state index is 12.4. The number of ether oxygens (including phenoxy) is 1. The van der Waals surface area contributed by atoms with E-state index in [1.54, 1.807) is 16.8 Å². The van der Waals surface area contributed by atoms with Crippen molar-refractivity contribution in [2.24, 2.45) is 5.92 Å². The molecule has 3 heterocycles. The van der Waals surface area contributed by atoms with Gasteiger partial charge in [0.1, 0.15) is 0 Å². The van der Waals surface area contributed by atoms with Crippen molar-refractivity contribution >= 4 is 17.6 Å². The van der Waals surface area contributed by atoms with Gasteiger partial charge in [0.25, 0.3) is 5.89 Å². The van der Waals surface area contributed by atoms with Crippen molar-refractivity contribution in [3.63, 3.8) is 0 Å². The Balaban J connectivity index is 1.73. The highest BCUT2D eigenvalue weighted by molar-refractivity contribution is 6.33. The van der Waals surface area contributed by atoms with Crippen LogP contribution >= 0.6 is 11.6 Å². The largest absolute Gasteiger partial charge is 0.451 e. The SMILES string of the molecule is Cc1cc(C)n(-c2ccc(Cl)c(C(=O)OCc3nc(CC(C)C)no3)n2)n1. The number of nitrogens with zero attached hydrogens (tertiary/aromatic N) is 5. The molecule has 3 aromatic heterocycles. The fourth-order valence-corrected chi connectivity index (χ4v) is 2.73. The summed E-state index contributed by atoms with van der Waals surface area (Å²) in [6.45, 7) is 7.75. The van der Waals surface area contributed by atoms with E-state index in [1.165, 1.54) is 0 Å². The number of pyridine rings is 1. The van der Waals surface area contributed by atoms with Crippen molar-refractivity contribution < 1.29 is 14.1 Å². The highest BCUT2D eigenvalue weighted by Gasteiger charge is 2.18. The Bertz CT molecular complexity index is 964. The lowest BCUT2D eigenvalue weighted by Gasteiger charge is -2.07. The second kappa shape index (κ2) is 7.87. The molecule has 142 valence electrons. The zero-order valence-corrected chi connectivity index (χ0v) is 16.3. The molecule has 3 rings (SSSR count). The highest BCUT2D eigenvalue weighted by atomic mass is 35.5. The van der Waals surface area contributed by atoms with Crippen LogP contribution in [0.5, 0.6) is 0 Å². The Kier molecular flexibility index (Phi) is 5.55. The molecule has 0 saturated carbocycles. The van der Waals surface area contributed by atoms with E-state index in [4.69, 9.17) is 20.9 Å². The quantitative estimate of drug-likeness (QED) is 0.595. The smallest absolute Gasteiger partial charge is 0.359 e. The summed E-state index contributed by atoms with van der Waals surface area (Å²) in [6.07, 6.45) is 0.690. The third-order valence-electron chi connectivity index (χ3n) is 3.68. The van der Waals surface area contributed by atoms with Crippen molar-refractivity contribution in [3.8, 4) is 5.82 Å². The van der Waals surface area contributed by atoms with Gasteiger partial charge in [-0.3, -0.25) is 0 Å². The lowest BCUT2D eigenvalue weighted by Crippen LogP contribution is -2.11. The lowest BCUT2D eigenvalue weighted by molar-refractivity contribution is 0.0423. The van der Waals surface area contributed by atoms with Crippen molar-refractivity contribution in [2.75, 3.05) is 0 Å². The predicted molar refractivity (Wildman–Crippen MR) is 97.8 cm³/mol. The summed E-state index contributed by atoms with van der Waals surface area (Å²) >= 11 is 6.12. The summed E-state index contributed by atoms with van der Waals surface area (Å²) in [7, 11) is 0. The molecule has 0 radical (unpaired) electrons. The van der Waals surface area contributed by atoms with Gasteiger partial charge in [-0.15, -0.1) is 0 Å². The molecule has 0 aliphatic heterocycles. The van der Waals surface area contributed by atoms with Crippen molar-refractivity contribution in [2.45, 2.75) is 40.7 Å². The molecule has 0 N–H and O–H groups in total. The summed E-state index contributed by atoms with van der Waals surface area (Å²) in [5.41, 5.74) is 1.75. The molecule has 0 aliphatic rings. The minimum Gasteiger partial charge on any atom is -0.451 e. The molecule has 0 unspecified atom stereocenters. The van der Waals surface area contributed by atoms with E-state index in [0.717, 1.165) is 11.4 Å². The van der Waals surface area contributed by atoms with Crippen LogP contribution in [0.3, 0.4) is 0 Å². The van der Waals surface area contributed by atoms with Crippen molar-refractivity contribution in [3.05, 3.63) is 52.0 Å². The van der Waals surface area contributed by atoms with Gasteiger partial charge in [-0.25, -0.2) is 14.5 Å². The number of hydrogen-bond acceptors (Lipinski definition) is 7. The Hall–Kier alpha value is -2.74. The molecule has 3 aromatic rings. The fraction of sp³-hybridized carbons (Fsp3) is 0.389. The highest BCUT2D eigenvalue weighted by Crippen LogP contribution is 2.19. The Morgan fingerprint density at radius 1 is 1.30 bits per heavy atom. The van der Waals surface area contributed by atoms with Gasteiger partial charge in [0, 0.05) is 12.1 Å². The van der Waals surface area contributed by atoms with Gasteiger partial charge in [0.2, 0.25) is 0 Å². The maximum absolute atomic E-state index is 12.4. The molecule has 0 saturated heterocycles. The molecular weight excluding hydrogens is 370 g/mol. The third-order valence-corrected chi connectivity index (χ3v) is 3.98. The third kappa shape index (κ3) is 4.51. The maximum Gasteiger partial charge on any atom is 0.359 e. The first-order valence-corrected chi connectivity index (χ1v) is 8.90. The Morgan fingerprint density at radius 2 is 2.07 bits per heavy atom. The first-order chi connectivity index (χ1) is 12.8. The van der Waals surface area contributed by atoms with Crippen LogP contribution in [0.4, 0.5) is 0 Å². The van der Waals surface area contributed by atoms with Crippen LogP contribution < -0.4 is 0 Å². The summed E-state index contributed by atoms with van der Waals surface area (Å²) in [5, 5.41) is 8.41. The summed E-state index contributed by atoms with van der Waals surface area (Å²) in [5.74, 6) is 1.02. The number of carbonyl (C=O) groups excluding carboxylic acids is 1. The molecule has 27 heavy (non-hydrogen) atoms. The van der Waals surface area contributed by atoms with Crippen LogP contribution in [-0.2, 0) is 17.8 Å². The Morgan fingerprint density at radius 3 is 2.74 bits per heavy atom. The first-order valence-electron chi connectivity index (χ1n) is 8.52. The minimum absolute atomic E-state index is 0.00337. The summed E-state index contributed by atoms with van der Waals surface area (Å²) in [6, 6.07) is 5.19. The summed E-state index contributed by atoms with van der Waals surface area (Å²) in [4.78, 5) is 20.9. The minimum atomic E-state index is -0.674. The van der Waals surface area contributed by atoms with Crippen LogP contribution in [0.2, 0.25) is 5.02 Å². The predicted octanol–water partition coefficient (Wildman–Crippen LogP) is 3.48. The molecule has 0 aliphatic carbocycles. The van der Waals surface area contributed by atoms with Gasteiger partial charge in [-0.2, -0.15) is 10.1 Å². The molecule has 0 bridgehead atoms. The normalized spacial score (nSPS) is 11.2. The monoisotopic (exact) mass is 389 g/mol. The Labute approximate surface area is 161 Å². The van der Waals surface area contributed by atoms with Gasteiger partial charge in [-0.1, -0.05) is 30.6 Å². The number of carbonyl (C=O) groups is 1. The van der Waals surface area contributed by atoms with Crippen LogP contribution in [0.25, 0.3) is 5.82 Å². The van der Waals surface area contributed by atoms with Gasteiger partial charge >= 0.3 is 5.97 Å². The number of esters is 1. The number of hydrogen-bond donors (Lipinski definition) is 0. The number of rotatable bonds is 6. The van der Waals surface area contributed by atoms with Crippen molar-refractivity contribution in [1.29, 1.82) is 0 Å². The standard InChI is InChI=1S/C18H20ClN5O3/c1-10(2)7-14-20-16(27-23-14)9-26-18(25)17-13(19)5-6-15(21-17)24-12(4)8-11(3)22-24/h5-6,8,10H,7,9H2,1-4H3. The van der Waals surface area contributed by atoms with E-state index in [9.17, 15) is 4.79 Å². The molecule has 0 fully saturated rings. The molecular formula is C18H20ClN5O3. The number of halogens is 1. The van der Waals surface area contributed by atoms with Crippen LogP contribution in [0.1, 0.15) is 47.4 Å². The van der Waals surface area contributed by atoms with E-state index in [-0.39, 0.29) is 23.2 Å². The van der Waals surface area contributed by atoms with Gasteiger partial charge < -0.3 is 9.26 Å². The zero-order chi connectivity index (χ0) is 19.6. The molecule has 8 nitrogen and oxygen atoms in total. The first kappa shape index (κ1) is 19.0. The van der Waals surface area contributed by atoms with Gasteiger partial charge in [0.15, 0.2) is 23.9 Å². The molecule has 9 heteroatoms. The topological polar surface area (TPSA) is 95.9 Å². The van der Waals surface area contributed by atoms with Crippen LogP contribution in [-0.4, -0.2) is 30.9 Å². The van der Waals surface area contributed by atoms with E-state index >= 15 is 0 Å². The average Bonchev–Trinajstić information content (AvgIpc) is 3.18. The van der Waals surface area contributed by atoms with E-state index in [0.29, 0.717) is 24.0 Å². The second-order valence-electron chi connectivity index (χ2n) is 6.62. The summed E-state index contributed by atoms with van der Waals surface area (Å²) < 4.78 is 12.0. The van der Waals surface area contributed by atoms with E-state index < -0.39 is 5.97 Å². The van der Waals surface area contributed by atoms with E-state index in [1.807, 2.05) is 19.9 Å². The second-order valence-corrected chi connectivity index (χ2v) is 7.02. The van der Waals surface area contributed by atoms with E-state index in [2.05, 4.69) is 34.1 Å².